The number of aromatic amines is 1. The standard InChI is InChI=1S/C22H22F2N6O3/c1-33-15-9-12(30-8-2-3-17(30)31)6-7-13(15)25-14-10-16(27-22(32)11-4-5-11)26-20-18(14)28-21(29-20)19(23)24/h6-7,9-11,19H,2-5,8H2,1H3,(H3,25,26,27,28,29,32). The number of halogens is 2. The number of methoxy groups -OCH3 is 1. The number of aromatic nitrogens is 3. The van der Waals surface area contributed by atoms with Crippen molar-refractivity contribution in [1.29, 1.82) is 0 Å². The van der Waals surface area contributed by atoms with Gasteiger partial charge >= 0.3 is 0 Å². The molecule has 1 aliphatic carbocycles. The van der Waals surface area contributed by atoms with Gasteiger partial charge in [-0.05, 0) is 31.4 Å². The van der Waals surface area contributed by atoms with Gasteiger partial charge < -0.3 is 25.3 Å². The van der Waals surface area contributed by atoms with Gasteiger partial charge in [-0.25, -0.2) is 18.7 Å². The van der Waals surface area contributed by atoms with Crippen LogP contribution in [0.3, 0.4) is 0 Å². The van der Waals surface area contributed by atoms with Crippen molar-refractivity contribution in [3.63, 3.8) is 0 Å². The summed E-state index contributed by atoms with van der Waals surface area (Å²) in [4.78, 5) is 36.8. The van der Waals surface area contributed by atoms with Crippen LogP contribution in [0, 0.1) is 5.92 Å². The fraction of sp³-hybridized carbons (Fsp3) is 0.364. The average Bonchev–Trinajstić information content (AvgIpc) is 3.42. The van der Waals surface area contributed by atoms with E-state index in [-0.39, 0.29) is 34.7 Å². The van der Waals surface area contributed by atoms with E-state index in [1.807, 2.05) is 0 Å². The SMILES string of the molecule is COc1cc(N2CCCC2=O)ccc1Nc1cc(NC(=O)C2CC2)nc2[nH]c(C(F)F)nc12. The van der Waals surface area contributed by atoms with Gasteiger partial charge in [0.05, 0.1) is 18.5 Å². The molecule has 1 aliphatic heterocycles. The zero-order valence-electron chi connectivity index (χ0n) is 17.8. The molecular formula is C22H22F2N6O3. The van der Waals surface area contributed by atoms with Crippen molar-refractivity contribution in [1.82, 2.24) is 15.0 Å². The van der Waals surface area contributed by atoms with Gasteiger partial charge in [-0.1, -0.05) is 0 Å². The van der Waals surface area contributed by atoms with Crippen molar-refractivity contribution >= 4 is 45.9 Å². The second-order valence-electron chi connectivity index (χ2n) is 8.10. The first kappa shape index (κ1) is 21.1. The molecule has 172 valence electrons. The summed E-state index contributed by atoms with van der Waals surface area (Å²) in [6.45, 7) is 0.646. The van der Waals surface area contributed by atoms with E-state index in [0.717, 1.165) is 24.9 Å². The minimum absolute atomic E-state index is 0.0433. The number of nitrogens with zero attached hydrogens (tertiary/aromatic N) is 3. The molecule has 0 unspecified atom stereocenters. The van der Waals surface area contributed by atoms with E-state index in [1.54, 1.807) is 29.2 Å². The zero-order valence-corrected chi connectivity index (χ0v) is 17.8. The monoisotopic (exact) mass is 456 g/mol. The van der Waals surface area contributed by atoms with Crippen molar-refractivity contribution in [2.75, 3.05) is 29.2 Å². The number of imidazole rings is 1. The molecule has 2 amide bonds. The quantitative estimate of drug-likeness (QED) is 0.493. The van der Waals surface area contributed by atoms with Gasteiger partial charge in [0.15, 0.2) is 11.5 Å². The van der Waals surface area contributed by atoms with E-state index in [2.05, 4.69) is 25.6 Å². The Morgan fingerprint density at radius 1 is 1.24 bits per heavy atom. The van der Waals surface area contributed by atoms with E-state index >= 15 is 0 Å². The summed E-state index contributed by atoms with van der Waals surface area (Å²) in [5.74, 6) is 0.0357. The Morgan fingerprint density at radius 3 is 2.73 bits per heavy atom. The van der Waals surface area contributed by atoms with Crippen LogP contribution in [0.1, 0.15) is 37.9 Å². The molecule has 3 aromatic rings. The lowest BCUT2D eigenvalue weighted by Crippen LogP contribution is -2.23. The largest absolute Gasteiger partial charge is 0.494 e. The Hall–Kier alpha value is -3.76. The fourth-order valence-electron chi connectivity index (χ4n) is 3.86. The molecule has 0 atom stereocenters. The van der Waals surface area contributed by atoms with E-state index in [1.165, 1.54) is 7.11 Å². The van der Waals surface area contributed by atoms with Gasteiger partial charge in [-0.3, -0.25) is 9.59 Å². The molecule has 0 bridgehead atoms. The van der Waals surface area contributed by atoms with Crippen LogP contribution in [0.2, 0.25) is 0 Å². The van der Waals surface area contributed by atoms with E-state index < -0.39 is 12.2 Å². The predicted molar refractivity (Wildman–Crippen MR) is 118 cm³/mol. The summed E-state index contributed by atoms with van der Waals surface area (Å²) < 4.78 is 32.0. The summed E-state index contributed by atoms with van der Waals surface area (Å²) in [7, 11) is 1.50. The van der Waals surface area contributed by atoms with Gasteiger partial charge in [-0.15, -0.1) is 0 Å². The number of H-pyrrole nitrogens is 1. The third-order valence-corrected chi connectivity index (χ3v) is 5.72. The summed E-state index contributed by atoms with van der Waals surface area (Å²) in [6.07, 6.45) is 0.155. The second kappa shape index (κ2) is 8.30. The number of benzene rings is 1. The van der Waals surface area contributed by atoms with Gasteiger partial charge in [-0.2, -0.15) is 0 Å². The summed E-state index contributed by atoms with van der Waals surface area (Å²) in [5, 5.41) is 5.90. The van der Waals surface area contributed by atoms with Crippen molar-refractivity contribution < 1.29 is 23.1 Å². The second-order valence-corrected chi connectivity index (χ2v) is 8.10. The molecule has 33 heavy (non-hydrogen) atoms. The Bertz CT molecular complexity index is 1240. The van der Waals surface area contributed by atoms with Crippen molar-refractivity contribution in [2.24, 2.45) is 5.92 Å². The molecule has 2 fully saturated rings. The smallest absolute Gasteiger partial charge is 0.295 e. The van der Waals surface area contributed by atoms with E-state index in [9.17, 15) is 18.4 Å². The number of anilines is 4. The third kappa shape index (κ3) is 4.18. The fourth-order valence-corrected chi connectivity index (χ4v) is 3.86. The molecule has 5 rings (SSSR count). The van der Waals surface area contributed by atoms with Crippen LogP contribution in [0.5, 0.6) is 5.75 Å². The Balaban J connectivity index is 1.51. The van der Waals surface area contributed by atoms with Gasteiger partial charge in [0.2, 0.25) is 11.8 Å². The first-order chi connectivity index (χ1) is 15.9. The molecule has 0 spiro atoms. The van der Waals surface area contributed by atoms with Crippen LogP contribution in [-0.4, -0.2) is 40.4 Å². The van der Waals surface area contributed by atoms with Crippen LogP contribution < -0.4 is 20.3 Å². The van der Waals surface area contributed by atoms with E-state index in [4.69, 9.17) is 4.74 Å². The molecule has 3 heterocycles. The number of amides is 2. The molecule has 9 nitrogen and oxygen atoms in total. The maximum absolute atomic E-state index is 13.3. The van der Waals surface area contributed by atoms with Crippen LogP contribution in [0.25, 0.3) is 11.2 Å². The minimum atomic E-state index is -2.80. The van der Waals surface area contributed by atoms with Crippen molar-refractivity contribution in [3.05, 3.63) is 30.1 Å². The minimum Gasteiger partial charge on any atom is -0.494 e. The molecule has 3 N–H and O–H groups in total. The molecule has 1 saturated carbocycles. The number of fused-ring (bicyclic) bond motifs is 1. The number of ether oxygens (including phenoxy) is 1. The van der Waals surface area contributed by atoms with E-state index in [0.29, 0.717) is 30.1 Å². The maximum atomic E-state index is 13.3. The first-order valence-electron chi connectivity index (χ1n) is 10.7. The molecule has 2 aromatic heterocycles. The number of nitrogens with one attached hydrogen (secondary N) is 3. The van der Waals surface area contributed by atoms with Crippen LogP contribution in [-0.2, 0) is 9.59 Å². The first-order valence-corrected chi connectivity index (χ1v) is 10.7. The molecule has 0 radical (unpaired) electrons. The maximum Gasteiger partial charge on any atom is 0.295 e. The lowest BCUT2D eigenvalue weighted by atomic mass is 10.2. The van der Waals surface area contributed by atoms with Crippen LogP contribution in [0.4, 0.5) is 31.7 Å². The molecular weight excluding hydrogens is 434 g/mol. The molecule has 11 heteroatoms. The van der Waals surface area contributed by atoms with Crippen LogP contribution >= 0.6 is 0 Å². The number of alkyl halides is 2. The highest BCUT2D eigenvalue weighted by Crippen LogP contribution is 2.36. The number of rotatable bonds is 7. The van der Waals surface area contributed by atoms with Crippen molar-refractivity contribution in [3.8, 4) is 5.75 Å². The number of carbonyl (C=O) groups is 2. The van der Waals surface area contributed by atoms with Gasteiger partial charge in [0.25, 0.3) is 6.43 Å². The highest BCUT2D eigenvalue weighted by molar-refractivity contribution is 5.98. The molecule has 1 aromatic carbocycles. The third-order valence-electron chi connectivity index (χ3n) is 5.72. The topological polar surface area (TPSA) is 112 Å². The summed E-state index contributed by atoms with van der Waals surface area (Å²) >= 11 is 0. The number of carbonyl (C=O) groups excluding carboxylic acids is 2. The highest BCUT2D eigenvalue weighted by atomic mass is 19.3. The molecule has 1 saturated heterocycles. The number of hydrogen-bond acceptors (Lipinski definition) is 6. The van der Waals surface area contributed by atoms with Gasteiger partial charge in [0, 0.05) is 36.7 Å². The Morgan fingerprint density at radius 2 is 2.06 bits per heavy atom. The lowest BCUT2D eigenvalue weighted by Gasteiger charge is -2.19. The normalized spacial score (nSPS) is 16.0. The Labute approximate surface area is 187 Å². The predicted octanol–water partition coefficient (Wildman–Crippen LogP) is 4.12. The summed E-state index contributed by atoms with van der Waals surface area (Å²) in [6, 6.07) is 6.83. The lowest BCUT2D eigenvalue weighted by molar-refractivity contribution is -0.118. The molecule has 2 aliphatic rings. The van der Waals surface area contributed by atoms with Crippen LogP contribution in [0.15, 0.2) is 24.3 Å². The number of pyridine rings is 1. The highest BCUT2D eigenvalue weighted by Gasteiger charge is 2.30. The Kier molecular flexibility index (Phi) is 5.31. The summed E-state index contributed by atoms with van der Waals surface area (Å²) in [5.41, 5.74) is 1.96. The van der Waals surface area contributed by atoms with Gasteiger partial charge in [0.1, 0.15) is 17.1 Å². The average molecular weight is 456 g/mol. The number of hydrogen-bond donors (Lipinski definition) is 3. The zero-order chi connectivity index (χ0) is 23.1. The van der Waals surface area contributed by atoms with Crippen molar-refractivity contribution in [2.45, 2.75) is 32.1 Å².